The average Bonchev–Trinajstić information content (AvgIpc) is 2.23. The maximum Gasteiger partial charge on any atom is 0.225 e. The van der Waals surface area contributed by atoms with Crippen LogP contribution in [0, 0.1) is 0 Å². The highest BCUT2D eigenvalue weighted by molar-refractivity contribution is 5.41. The molecule has 0 saturated carbocycles. The third kappa shape index (κ3) is 3.84. The van der Waals surface area contributed by atoms with Gasteiger partial charge in [-0.1, -0.05) is 6.08 Å². The van der Waals surface area contributed by atoms with Crippen molar-refractivity contribution in [3.05, 3.63) is 18.7 Å². The maximum atomic E-state index is 5.51. The largest absolute Gasteiger partial charge is 0.477 e. The topological polar surface area (TPSA) is 73.1 Å². The fourth-order valence-electron chi connectivity index (χ4n) is 1.05. The zero-order valence-corrected chi connectivity index (χ0v) is 8.86. The Bertz CT molecular complexity index is 327. The van der Waals surface area contributed by atoms with Crippen molar-refractivity contribution < 1.29 is 4.74 Å². The molecule has 0 aromatic carbocycles. The Hall–Kier alpha value is -1.78. The first kappa shape index (κ1) is 11.3. The molecule has 0 radical (unpaired) electrons. The van der Waals surface area contributed by atoms with E-state index in [0.717, 1.165) is 12.8 Å². The van der Waals surface area contributed by atoms with Crippen LogP contribution in [0.3, 0.4) is 0 Å². The molecule has 0 aliphatic carbocycles. The maximum absolute atomic E-state index is 5.51. The second kappa shape index (κ2) is 5.85. The molecule has 1 aromatic rings. The van der Waals surface area contributed by atoms with Gasteiger partial charge < -0.3 is 15.8 Å². The summed E-state index contributed by atoms with van der Waals surface area (Å²) in [6.45, 7) is 4.24. The summed E-state index contributed by atoms with van der Waals surface area (Å²) in [5, 5.41) is 2.88. The number of ether oxygens (including phenoxy) is 1. The quantitative estimate of drug-likeness (QED) is 0.546. The predicted octanol–water partition coefficient (Wildman–Crippen LogP) is 1.45. The van der Waals surface area contributed by atoms with E-state index in [9.17, 15) is 0 Å². The van der Waals surface area contributed by atoms with Gasteiger partial charge in [-0.05, 0) is 12.8 Å². The molecule has 0 fully saturated rings. The van der Waals surface area contributed by atoms with Gasteiger partial charge in [-0.3, -0.25) is 0 Å². The molecule has 0 bridgehead atoms. The van der Waals surface area contributed by atoms with Gasteiger partial charge in [0.2, 0.25) is 11.8 Å². The molecular formula is C10H16N4O. The second-order valence-corrected chi connectivity index (χ2v) is 2.98. The van der Waals surface area contributed by atoms with Crippen molar-refractivity contribution in [2.24, 2.45) is 0 Å². The summed E-state index contributed by atoms with van der Waals surface area (Å²) in [5.41, 5.74) is 5.51. The molecule has 0 aliphatic rings. The van der Waals surface area contributed by atoms with Crippen LogP contribution >= 0.6 is 0 Å². The smallest absolute Gasteiger partial charge is 0.225 e. The molecule has 0 amide bonds. The molecule has 82 valence electrons. The molecule has 0 saturated heterocycles. The summed E-state index contributed by atoms with van der Waals surface area (Å²) in [4.78, 5) is 7.91. The normalized spacial score (nSPS) is 9.67. The molecule has 1 rings (SSSR count). The number of hydrogen-bond acceptors (Lipinski definition) is 5. The van der Waals surface area contributed by atoms with Crippen LogP contribution in [0.15, 0.2) is 18.7 Å². The van der Waals surface area contributed by atoms with Crippen molar-refractivity contribution in [2.75, 3.05) is 24.7 Å². The lowest BCUT2D eigenvalue weighted by Gasteiger charge is -2.06. The highest BCUT2D eigenvalue weighted by atomic mass is 16.5. The Morgan fingerprint density at radius 3 is 3.07 bits per heavy atom. The van der Waals surface area contributed by atoms with Crippen LogP contribution in [0.1, 0.15) is 12.8 Å². The van der Waals surface area contributed by atoms with Crippen LogP contribution in [-0.2, 0) is 0 Å². The van der Waals surface area contributed by atoms with Crippen molar-refractivity contribution >= 4 is 11.8 Å². The molecule has 5 nitrogen and oxygen atoms in total. The van der Waals surface area contributed by atoms with E-state index in [1.54, 1.807) is 13.1 Å². The van der Waals surface area contributed by atoms with Gasteiger partial charge in [0.15, 0.2) is 0 Å². The number of nitrogens with two attached hydrogens (primary N) is 1. The molecule has 0 aliphatic heterocycles. The number of nitrogens with one attached hydrogen (secondary N) is 1. The third-order valence-electron chi connectivity index (χ3n) is 1.78. The van der Waals surface area contributed by atoms with Crippen LogP contribution in [0.4, 0.5) is 11.8 Å². The van der Waals surface area contributed by atoms with E-state index >= 15 is 0 Å². The van der Waals surface area contributed by atoms with E-state index in [2.05, 4.69) is 21.9 Å². The number of allylic oxidation sites excluding steroid dienone is 1. The van der Waals surface area contributed by atoms with Gasteiger partial charge in [-0.2, -0.15) is 9.97 Å². The molecule has 3 N–H and O–H groups in total. The van der Waals surface area contributed by atoms with Crippen LogP contribution < -0.4 is 15.8 Å². The minimum atomic E-state index is 0.209. The zero-order valence-electron chi connectivity index (χ0n) is 8.86. The third-order valence-corrected chi connectivity index (χ3v) is 1.78. The van der Waals surface area contributed by atoms with Gasteiger partial charge >= 0.3 is 0 Å². The average molecular weight is 208 g/mol. The minimum absolute atomic E-state index is 0.209. The number of nitrogen functional groups attached to an aromatic ring is 1. The number of nitrogens with zero attached hydrogens (tertiary/aromatic N) is 2. The summed E-state index contributed by atoms with van der Waals surface area (Å²) >= 11 is 0. The first-order valence-corrected chi connectivity index (χ1v) is 4.82. The number of unbranched alkanes of at least 4 members (excludes halogenated alkanes) is 1. The molecular weight excluding hydrogens is 192 g/mol. The molecule has 5 heteroatoms. The van der Waals surface area contributed by atoms with Gasteiger partial charge in [0.1, 0.15) is 5.82 Å². The number of rotatable bonds is 6. The fraction of sp³-hybridized carbons (Fsp3) is 0.400. The van der Waals surface area contributed by atoms with E-state index in [1.807, 2.05) is 6.08 Å². The molecule has 1 heterocycles. The van der Waals surface area contributed by atoms with Gasteiger partial charge in [-0.25, -0.2) is 0 Å². The second-order valence-electron chi connectivity index (χ2n) is 2.98. The summed E-state index contributed by atoms with van der Waals surface area (Å²) in [7, 11) is 1.77. The SMILES string of the molecule is C=CCCCOc1cc(NC)nc(N)n1. The van der Waals surface area contributed by atoms with Crippen molar-refractivity contribution in [1.29, 1.82) is 0 Å². The number of aromatic nitrogens is 2. The molecule has 0 spiro atoms. The molecule has 0 atom stereocenters. The lowest BCUT2D eigenvalue weighted by Crippen LogP contribution is -2.04. The Kier molecular flexibility index (Phi) is 4.40. The Morgan fingerprint density at radius 1 is 1.60 bits per heavy atom. The summed E-state index contributed by atoms with van der Waals surface area (Å²) < 4.78 is 5.41. The highest BCUT2D eigenvalue weighted by Gasteiger charge is 2.01. The van der Waals surface area contributed by atoms with Crippen LogP contribution in [0.2, 0.25) is 0 Å². The Balaban J connectivity index is 2.52. The number of anilines is 2. The van der Waals surface area contributed by atoms with Crippen molar-refractivity contribution in [3.8, 4) is 5.88 Å². The van der Waals surface area contributed by atoms with Gasteiger partial charge in [0.25, 0.3) is 0 Å². The summed E-state index contributed by atoms with van der Waals surface area (Å²) in [5.74, 6) is 1.36. The van der Waals surface area contributed by atoms with Crippen molar-refractivity contribution in [3.63, 3.8) is 0 Å². The van der Waals surface area contributed by atoms with Crippen LogP contribution in [0.25, 0.3) is 0 Å². The van der Waals surface area contributed by atoms with Crippen molar-refractivity contribution in [1.82, 2.24) is 9.97 Å². The fourth-order valence-corrected chi connectivity index (χ4v) is 1.05. The molecule has 1 aromatic heterocycles. The van der Waals surface area contributed by atoms with E-state index in [1.165, 1.54) is 0 Å². The van der Waals surface area contributed by atoms with E-state index in [4.69, 9.17) is 10.5 Å². The summed E-state index contributed by atoms with van der Waals surface area (Å²) in [6.07, 6.45) is 3.71. The Morgan fingerprint density at radius 2 is 2.40 bits per heavy atom. The standard InChI is InChI=1S/C10H16N4O/c1-3-4-5-6-15-9-7-8(12-2)13-10(11)14-9/h3,7H,1,4-6H2,2H3,(H3,11,12,13,14). The first-order valence-electron chi connectivity index (χ1n) is 4.82. The van der Waals surface area contributed by atoms with E-state index in [0.29, 0.717) is 18.3 Å². The van der Waals surface area contributed by atoms with Crippen LogP contribution in [0.5, 0.6) is 5.88 Å². The highest BCUT2D eigenvalue weighted by Crippen LogP contribution is 2.14. The summed E-state index contributed by atoms with van der Waals surface area (Å²) in [6, 6.07) is 1.71. The van der Waals surface area contributed by atoms with Gasteiger partial charge in [0, 0.05) is 13.1 Å². The lowest BCUT2D eigenvalue weighted by atomic mass is 10.3. The van der Waals surface area contributed by atoms with Crippen molar-refractivity contribution in [2.45, 2.75) is 12.8 Å². The molecule has 15 heavy (non-hydrogen) atoms. The number of hydrogen-bond donors (Lipinski definition) is 2. The van der Waals surface area contributed by atoms with Gasteiger partial charge in [0.05, 0.1) is 6.61 Å². The monoisotopic (exact) mass is 208 g/mol. The van der Waals surface area contributed by atoms with E-state index in [-0.39, 0.29) is 5.95 Å². The minimum Gasteiger partial charge on any atom is -0.477 e. The van der Waals surface area contributed by atoms with E-state index < -0.39 is 0 Å². The Labute approximate surface area is 89.4 Å². The molecule has 0 unspecified atom stereocenters. The lowest BCUT2D eigenvalue weighted by molar-refractivity contribution is 0.300. The first-order chi connectivity index (χ1) is 7.26. The van der Waals surface area contributed by atoms with Gasteiger partial charge in [-0.15, -0.1) is 6.58 Å². The zero-order chi connectivity index (χ0) is 11.1. The van der Waals surface area contributed by atoms with Crippen LogP contribution in [-0.4, -0.2) is 23.6 Å². The predicted molar refractivity (Wildman–Crippen MR) is 60.9 cm³/mol.